The van der Waals surface area contributed by atoms with Gasteiger partial charge in [0, 0.05) is 18.2 Å². The quantitative estimate of drug-likeness (QED) is 0.514. The van der Waals surface area contributed by atoms with E-state index >= 15 is 0 Å². The summed E-state index contributed by atoms with van der Waals surface area (Å²) in [4.78, 5) is 20.4. The zero-order chi connectivity index (χ0) is 23.8. The lowest BCUT2D eigenvalue weighted by Crippen LogP contribution is -2.39. The van der Waals surface area contributed by atoms with Gasteiger partial charge in [-0.25, -0.2) is 0 Å². The molecule has 1 aliphatic carbocycles. The van der Waals surface area contributed by atoms with Crippen molar-refractivity contribution < 1.29 is 9.53 Å². The second-order valence-corrected chi connectivity index (χ2v) is 10.0. The first-order valence-electron chi connectivity index (χ1n) is 13.4. The van der Waals surface area contributed by atoms with E-state index in [0.29, 0.717) is 18.9 Å². The molecule has 34 heavy (non-hydrogen) atoms. The van der Waals surface area contributed by atoms with Crippen LogP contribution in [-0.2, 0) is 17.8 Å². The van der Waals surface area contributed by atoms with Crippen LogP contribution in [-0.4, -0.2) is 41.5 Å². The largest absolute Gasteiger partial charge is 0.494 e. The minimum Gasteiger partial charge on any atom is -0.494 e. The summed E-state index contributed by atoms with van der Waals surface area (Å²) in [5, 5.41) is 3.26. The van der Waals surface area contributed by atoms with Gasteiger partial charge in [-0.3, -0.25) is 14.7 Å². The lowest BCUT2D eigenvalue weighted by molar-refractivity contribution is -0.121. The van der Waals surface area contributed by atoms with Gasteiger partial charge in [-0.1, -0.05) is 43.9 Å². The SMILES string of the molecule is CCOc1ccc(-c2ccc(CC(=O)N[C@H](C)C3CCCCC3)nc2CN2CCCCC2)cc1. The molecular formula is C29H41N3O2. The fraction of sp³-hybridized carbons (Fsp3) is 0.586. The van der Waals surface area contributed by atoms with Gasteiger partial charge in [0.05, 0.1) is 24.4 Å². The number of pyridine rings is 1. The van der Waals surface area contributed by atoms with E-state index in [1.165, 1.54) is 51.4 Å². The molecule has 1 saturated carbocycles. The lowest BCUT2D eigenvalue weighted by Gasteiger charge is -2.28. The Balaban J connectivity index is 1.49. The fourth-order valence-electron chi connectivity index (χ4n) is 5.48. The van der Waals surface area contributed by atoms with Crippen molar-refractivity contribution in [2.45, 2.75) is 84.2 Å². The van der Waals surface area contributed by atoms with Crippen LogP contribution in [0, 0.1) is 5.92 Å². The normalized spacial score (nSPS) is 18.4. The Kier molecular flexibility index (Phi) is 8.97. The molecule has 2 aromatic rings. The minimum absolute atomic E-state index is 0.0864. The molecule has 1 aromatic carbocycles. The number of nitrogens with zero attached hydrogens (tertiary/aromatic N) is 2. The summed E-state index contributed by atoms with van der Waals surface area (Å²) in [5.74, 6) is 1.59. The molecule has 5 heteroatoms. The number of nitrogens with one attached hydrogen (secondary N) is 1. The van der Waals surface area contributed by atoms with Crippen molar-refractivity contribution in [3.05, 3.63) is 47.8 Å². The second kappa shape index (κ2) is 12.3. The zero-order valence-electron chi connectivity index (χ0n) is 21.0. The summed E-state index contributed by atoms with van der Waals surface area (Å²) in [7, 11) is 0. The third-order valence-corrected chi connectivity index (χ3v) is 7.42. The smallest absolute Gasteiger partial charge is 0.226 e. The third-order valence-electron chi connectivity index (χ3n) is 7.42. The Morgan fingerprint density at radius 1 is 1.03 bits per heavy atom. The standard InChI is InChI=1S/C29H41N3O2/c1-3-34-26-15-12-24(13-16-26)27-17-14-25(31-28(27)21-32-18-8-5-9-19-32)20-29(33)30-22(2)23-10-6-4-7-11-23/h12-17,22-23H,3-11,18-21H2,1-2H3,(H,30,33)/t22-/m1/s1. The predicted octanol–water partition coefficient (Wildman–Crippen LogP) is 5.76. The van der Waals surface area contributed by atoms with Crippen LogP contribution in [0.15, 0.2) is 36.4 Å². The Hall–Kier alpha value is -2.40. The van der Waals surface area contributed by atoms with E-state index in [1.54, 1.807) is 0 Å². The van der Waals surface area contributed by atoms with Crippen molar-refractivity contribution in [3.63, 3.8) is 0 Å². The molecule has 1 atom stereocenters. The first kappa shape index (κ1) is 24.7. The molecule has 0 bridgehead atoms. The van der Waals surface area contributed by atoms with Gasteiger partial charge < -0.3 is 10.1 Å². The monoisotopic (exact) mass is 463 g/mol. The summed E-state index contributed by atoms with van der Waals surface area (Å²) >= 11 is 0. The molecule has 2 heterocycles. The van der Waals surface area contributed by atoms with Gasteiger partial charge in [0.15, 0.2) is 0 Å². The maximum atomic E-state index is 12.8. The Morgan fingerprint density at radius 3 is 2.44 bits per heavy atom. The first-order chi connectivity index (χ1) is 16.6. The highest BCUT2D eigenvalue weighted by molar-refractivity contribution is 5.78. The van der Waals surface area contributed by atoms with Crippen LogP contribution in [0.5, 0.6) is 5.75 Å². The maximum absolute atomic E-state index is 12.8. The van der Waals surface area contributed by atoms with Crippen molar-refractivity contribution in [3.8, 4) is 16.9 Å². The average Bonchev–Trinajstić information content (AvgIpc) is 2.86. The van der Waals surface area contributed by atoms with Crippen molar-refractivity contribution in [1.29, 1.82) is 0 Å². The molecule has 0 spiro atoms. The highest BCUT2D eigenvalue weighted by Gasteiger charge is 2.22. The predicted molar refractivity (Wildman–Crippen MR) is 138 cm³/mol. The van der Waals surface area contributed by atoms with Gasteiger partial charge in [0.2, 0.25) is 5.91 Å². The fourth-order valence-corrected chi connectivity index (χ4v) is 5.48. The summed E-state index contributed by atoms with van der Waals surface area (Å²) in [6, 6.07) is 12.7. The number of hydrogen-bond acceptors (Lipinski definition) is 4. The Labute approximate surface area is 205 Å². The number of piperidine rings is 1. The number of carbonyl (C=O) groups excluding carboxylic acids is 1. The van der Waals surface area contributed by atoms with Crippen LogP contribution in [0.2, 0.25) is 0 Å². The summed E-state index contributed by atoms with van der Waals surface area (Å²) in [6.45, 7) is 7.90. The molecule has 2 aliphatic rings. The maximum Gasteiger partial charge on any atom is 0.226 e. The molecule has 1 aliphatic heterocycles. The Morgan fingerprint density at radius 2 is 1.74 bits per heavy atom. The molecule has 1 amide bonds. The molecule has 1 N–H and O–H groups in total. The molecule has 0 radical (unpaired) electrons. The summed E-state index contributed by atoms with van der Waals surface area (Å²) < 4.78 is 5.62. The molecule has 184 valence electrons. The van der Waals surface area contributed by atoms with Gasteiger partial charge in [-0.05, 0) is 82.3 Å². The average molecular weight is 464 g/mol. The van der Waals surface area contributed by atoms with Gasteiger partial charge in [0.1, 0.15) is 5.75 Å². The van der Waals surface area contributed by atoms with E-state index in [1.807, 2.05) is 25.1 Å². The minimum atomic E-state index is 0.0864. The van der Waals surface area contributed by atoms with Crippen molar-refractivity contribution >= 4 is 5.91 Å². The van der Waals surface area contributed by atoms with Gasteiger partial charge >= 0.3 is 0 Å². The van der Waals surface area contributed by atoms with Gasteiger partial charge in [-0.15, -0.1) is 0 Å². The first-order valence-corrected chi connectivity index (χ1v) is 13.4. The second-order valence-electron chi connectivity index (χ2n) is 10.0. The van der Waals surface area contributed by atoms with Crippen molar-refractivity contribution in [2.75, 3.05) is 19.7 Å². The van der Waals surface area contributed by atoms with Crippen LogP contribution >= 0.6 is 0 Å². The van der Waals surface area contributed by atoms with Crippen LogP contribution in [0.4, 0.5) is 0 Å². The van der Waals surface area contributed by atoms with Crippen molar-refractivity contribution in [2.24, 2.45) is 5.92 Å². The number of aromatic nitrogens is 1. The van der Waals surface area contributed by atoms with E-state index in [0.717, 1.165) is 47.9 Å². The number of benzene rings is 1. The summed E-state index contributed by atoms with van der Waals surface area (Å²) in [5.41, 5.74) is 4.21. The lowest BCUT2D eigenvalue weighted by atomic mass is 9.84. The number of carbonyl (C=O) groups is 1. The van der Waals surface area contributed by atoms with Crippen LogP contribution in [0.25, 0.3) is 11.1 Å². The van der Waals surface area contributed by atoms with E-state index in [9.17, 15) is 4.79 Å². The summed E-state index contributed by atoms with van der Waals surface area (Å²) in [6.07, 6.45) is 10.5. The highest BCUT2D eigenvalue weighted by Crippen LogP contribution is 2.28. The van der Waals surface area contributed by atoms with Crippen LogP contribution < -0.4 is 10.1 Å². The third kappa shape index (κ3) is 6.82. The van der Waals surface area contributed by atoms with Gasteiger partial charge in [-0.2, -0.15) is 0 Å². The molecule has 1 aromatic heterocycles. The number of ether oxygens (including phenoxy) is 1. The molecule has 2 fully saturated rings. The molecule has 0 unspecified atom stereocenters. The number of hydrogen-bond donors (Lipinski definition) is 1. The highest BCUT2D eigenvalue weighted by atomic mass is 16.5. The van der Waals surface area contributed by atoms with E-state index in [2.05, 4.69) is 35.3 Å². The van der Waals surface area contributed by atoms with Crippen molar-refractivity contribution in [1.82, 2.24) is 15.2 Å². The molecule has 4 rings (SSSR count). The number of amides is 1. The molecular weight excluding hydrogens is 422 g/mol. The molecule has 5 nitrogen and oxygen atoms in total. The van der Waals surface area contributed by atoms with E-state index in [-0.39, 0.29) is 11.9 Å². The van der Waals surface area contributed by atoms with Gasteiger partial charge in [0.25, 0.3) is 0 Å². The zero-order valence-corrected chi connectivity index (χ0v) is 21.0. The van der Waals surface area contributed by atoms with Crippen LogP contribution in [0.1, 0.15) is 76.6 Å². The number of rotatable bonds is 9. The van der Waals surface area contributed by atoms with Crippen LogP contribution in [0.3, 0.4) is 0 Å². The molecule has 1 saturated heterocycles. The number of likely N-dealkylation sites (tertiary alicyclic amines) is 1. The topological polar surface area (TPSA) is 54.5 Å². The van der Waals surface area contributed by atoms with E-state index in [4.69, 9.17) is 9.72 Å². The van der Waals surface area contributed by atoms with E-state index < -0.39 is 0 Å². The Bertz CT molecular complexity index is 915.